The van der Waals surface area contributed by atoms with Gasteiger partial charge in [0.15, 0.2) is 0 Å². The molecule has 0 aliphatic heterocycles. The van der Waals surface area contributed by atoms with Crippen LogP contribution in [0, 0.1) is 11.8 Å². The van der Waals surface area contributed by atoms with Gasteiger partial charge in [-0.1, -0.05) is 42.2 Å². The molecule has 0 aliphatic carbocycles. The van der Waals surface area contributed by atoms with Crippen molar-refractivity contribution in [1.29, 1.82) is 0 Å². The maximum Gasteiger partial charge on any atom is 0.433 e. The van der Waals surface area contributed by atoms with Crippen LogP contribution in [0.1, 0.15) is 12.5 Å². The number of aliphatic hydroxyl groups is 2. The highest BCUT2D eigenvalue weighted by Gasteiger charge is 2.55. The van der Waals surface area contributed by atoms with Crippen LogP contribution in [0.5, 0.6) is 0 Å². The molecule has 2 atom stereocenters. The van der Waals surface area contributed by atoms with Gasteiger partial charge < -0.3 is 10.2 Å². The molecule has 1 rings (SSSR count). The molecule has 2 N–H and O–H groups in total. The van der Waals surface area contributed by atoms with E-state index in [-0.39, 0.29) is 6.92 Å². The fourth-order valence-corrected chi connectivity index (χ4v) is 1.27. The fourth-order valence-electron chi connectivity index (χ4n) is 1.27. The van der Waals surface area contributed by atoms with E-state index in [1.807, 2.05) is 0 Å². The molecule has 0 heterocycles. The van der Waals surface area contributed by atoms with Crippen molar-refractivity contribution in [3.8, 4) is 11.8 Å². The molecular weight excluding hydrogens is 302 g/mol. The molecule has 0 radical (unpaired) electrons. The van der Waals surface area contributed by atoms with Crippen molar-refractivity contribution in [3.05, 3.63) is 35.9 Å². The van der Waals surface area contributed by atoms with Crippen molar-refractivity contribution in [3.63, 3.8) is 0 Å². The lowest BCUT2D eigenvalue weighted by Gasteiger charge is -2.27. The number of hydrogen-bond acceptors (Lipinski definition) is 2. The van der Waals surface area contributed by atoms with Crippen molar-refractivity contribution in [2.45, 2.75) is 30.5 Å². The third kappa shape index (κ3) is 3.49. The first-order chi connectivity index (χ1) is 9.31. The van der Waals surface area contributed by atoms with Crippen molar-refractivity contribution < 1.29 is 36.6 Å². The van der Waals surface area contributed by atoms with E-state index < -0.39 is 29.1 Å². The summed E-state index contributed by atoms with van der Waals surface area (Å²) in [5, 5.41) is 18.7. The van der Waals surface area contributed by atoms with Gasteiger partial charge in [-0.15, -0.1) is 0 Å². The number of alkyl halides is 6. The number of halogens is 6. The molecule has 1 aromatic carbocycles. The van der Waals surface area contributed by atoms with Crippen molar-refractivity contribution in [2.75, 3.05) is 0 Å². The highest BCUT2D eigenvalue weighted by Crippen LogP contribution is 2.39. The maximum absolute atomic E-state index is 12.9. The summed E-state index contributed by atoms with van der Waals surface area (Å²) in [7, 11) is 0. The lowest BCUT2D eigenvalue weighted by Crippen LogP contribution is -2.44. The minimum Gasteiger partial charge on any atom is -0.370 e. The van der Waals surface area contributed by atoms with E-state index >= 15 is 0 Å². The van der Waals surface area contributed by atoms with Crippen LogP contribution in [-0.4, -0.2) is 28.2 Å². The smallest absolute Gasteiger partial charge is 0.370 e. The zero-order valence-electron chi connectivity index (χ0n) is 10.5. The summed E-state index contributed by atoms with van der Waals surface area (Å²) in [4.78, 5) is 0. The van der Waals surface area contributed by atoms with Gasteiger partial charge in [0, 0.05) is 5.56 Å². The van der Waals surface area contributed by atoms with E-state index in [0.717, 1.165) is 36.1 Å². The Kier molecular flexibility index (Phi) is 4.32. The molecule has 2 nitrogen and oxygen atoms in total. The van der Waals surface area contributed by atoms with Crippen LogP contribution in [0.4, 0.5) is 26.3 Å². The van der Waals surface area contributed by atoms with E-state index in [1.165, 1.54) is 6.07 Å². The Bertz CT molecular complexity index is 550. The highest BCUT2D eigenvalue weighted by atomic mass is 19.4. The van der Waals surface area contributed by atoms with Crippen LogP contribution in [0.2, 0.25) is 0 Å². The van der Waals surface area contributed by atoms with E-state index in [9.17, 15) is 31.4 Å². The standard InChI is InChI=1S/C13H10F6O2/c1-10(20,12(14,15)16)7-8-11(21,13(17,18)19)9-5-3-2-4-6-9/h2-6,20-21H,1H3/t10-,11+/m0/s1. The maximum atomic E-state index is 12.9. The Morgan fingerprint density at radius 3 is 1.67 bits per heavy atom. The third-order valence-corrected chi connectivity index (χ3v) is 2.64. The largest absolute Gasteiger partial charge is 0.433 e. The van der Waals surface area contributed by atoms with Gasteiger partial charge in [-0.05, 0) is 6.92 Å². The predicted molar refractivity (Wildman–Crippen MR) is 60.8 cm³/mol. The summed E-state index contributed by atoms with van der Waals surface area (Å²) in [5.74, 6) is 2.16. The van der Waals surface area contributed by atoms with E-state index in [4.69, 9.17) is 5.11 Å². The first-order valence-corrected chi connectivity index (χ1v) is 5.49. The summed E-state index contributed by atoms with van der Waals surface area (Å²) >= 11 is 0. The second kappa shape index (κ2) is 5.24. The Balaban J connectivity index is 3.39. The van der Waals surface area contributed by atoms with Gasteiger partial charge in [0.05, 0.1) is 0 Å². The van der Waals surface area contributed by atoms with Crippen LogP contribution in [-0.2, 0) is 5.60 Å². The lowest BCUT2D eigenvalue weighted by atomic mass is 9.92. The Morgan fingerprint density at radius 1 is 0.810 bits per heavy atom. The van der Waals surface area contributed by atoms with Crippen LogP contribution < -0.4 is 0 Å². The predicted octanol–water partition coefficient (Wildman–Crippen LogP) is 2.75. The van der Waals surface area contributed by atoms with Crippen LogP contribution in [0.15, 0.2) is 30.3 Å². The van der Waals surface area contributed by atoms with Gasteiger partial charge in [0.25, 0.3) is 0 Å². The van der Waals surface area contributed by atoms with Gasteiger partial charge in [-0.3, -0.25) is 0 Å². The molecule has 21 heavy (non-hydrogen) atoms. The van der Waals surface area contributed by atoms with Gasteiger partial charge in [0.2, 0.25) is 11.2 Å². The molecule has 0 aromatic heterocycles. The quantitative estimate of drug-likeness (QED) is 0.618. The molecule has 0 amide bonds. The summed E-state index contributed by atoms with van der Waals surface area (Å²) in [6.07, 6.45) is -10.6. The van der Waals surface area contributed by atoms with Gasteiger partial charge in [-0.2, -0.15) is 26.3 Å². The second-order valence-corrected chi connectivity index (χ2v) is 4.39. The van der Waals surface area contributed by atoms with Crippen molar-refractivity contribution in [2.24, 2.45) is 0 Å². The van der Waals surface area contributed by atoms with Crippen LogP contribution in [0.3, 0.4) is 0 Å². The molecule has 0 spiro atoms. The molecule has 8 heteroatoms. The number of hydrogen-bond donors (Lipinski definition) is 2. The summed E-state index contributed by atoms with van der Waals surface area (Å²) < 4.78 is 76.0. The molecule has 0 bridgehead atoms. The number of benzene rings is 1. The SMILES string of the molecule is C[C@](O)(C#C[C@@](O)(c1ccccc1)C(F)(F)F)C(F)(F)F. The van der Waals surface area contributed by atoms with Gasteiger partial charge in [-0.25, -0.2) is 0 Å². The molecule has 0 saturated carbocycles. The molecule has 0 saturated heterocycles. The van der Waals surface area contributed by atoms with Crippen LogP contribution in [0.25, 0.3) is 0 Å². The van der Waals surface area contributed by atoms with Crippen molar-refractivity contribution in [1.82, 2.24) is 0 Å². The average molecular weight is 312 g/mol. The fraction of sp³-hybridized carbons (Fsp3) is 0.385. The molecule has 0 unspecified atom stereocenters. The van der Waals surface area contributed by atoms with Gasteiger partial charge in [0.1, 0.15) is 0 Å². The molecule has 116 valence electrons. The topological polar surface area (TPSA) is 40.5 Å². The van der Waals surface area contributed by atoms with E-state index in [1.54, 1.807) is 0 Å². The first kappa shape index (κ1) is 17.3. The third-order valence-electron chi connectivity index (χ3n) is 2.64. The highest BCUT2D eigenvalue weighted by molar-refractivity contribution is 5.35. The monoisotopic (exact) mass is 312 g/mol. The molecule has 0 aliphatic rings. The summed E-state index contributed by atoms with van der Waals surface area (Å²) in [6.45, 7) is 0.196. The Morgan fingerprint density at radius 2 is 1.29 bits per heavy atom. The summed E-state index contributed by atoms with van der Waals surface area (Å²) in [6, 6.07) is 5.42. The zero-order valence-corrected chi connectivity index (χ0v) is 10.5. The molecular formula is C13H10F6O2. The minimum absolute atomic E-state index is 0.196. The number of rotatable bonds is 1. The lowest BCUT2D eigenvalue weighted by molar-refractivity contribution is -0.242. The Labute approximate surface area is 116 Å². The van der Waals surface area contributed by atoms with E-state index in [0.29, 0.717) is 0 Å². The molecule has 1 aromatic rings. The zero-order chi connectivity index (χ0) is 16.5. The minimum atomic E-state index is -5.34. The summed E-state index contributed by atoms with van der Waals surface area (Å²) in [5.41, 5.74) is -8.24. The molecule has 0 fully saturated rings. The second-order valence-electron chi connectivity index (χ2n) is 4.39. The normalized spacial score (nSPS) is 18.1. The first-order valence-electron chi connectivity index (χ1n) is 5.49. The average Bonchev–Trinajstić information content (AvgIpc) is 2.34. The van der Waals surface area contributed by atoms with Crippen molar-refractivity contribution >= 4 is 0 Å². The van der Waals surface area contributed by atoms with E-state index in [2.05, 4.69) is 0 Å². The Hall–Kier alpha value is -1.72. The van der Waals surface area contributed by atoms with Gasteiger partial charge >= 0.3 is 12.4 Å². The van der Waals surface area contributed by atoms with Crippen LogP contribution >= 0.6 is 0 Å².